The lowest BCUT2D eigenvalue weighted by molar-refractivity contribution is -0.123. The molecule has 1 atom stereocenters. The Morgan fingerprint density at radius 3 is 2.44 bits per heavy atom. The smallest absolute Gasteiger partial charge is 0.270 e. The van der Waals surface area contributed by atoms with E-state index in [1.54, 1.807) is 19.2 Å². The lowest BCUT2D eigenvalue weighted by Gasteiger charge is -2.18. The van der Waals surface area contributed by atoms with Crippen LogP contribution in [0.15, 0.2) is 72.9 Å². The molecule has 2 heterocycles. The van der Waals surface area contributed by atoms with Crippen molar-refractivity contribution in [3.8, 4) is 11.3 Å². The van der Waals surface area contributed by atoms with E-state index < -0.39 is 6.04 Å². The van der Waals surface area contributed by atoms with E-state index in [4.69, 9.17) is 0 Å². The van der Waals surface area contributed by atoms with Crippen molar-refractivity contribution in [1.82, 2.24) is 20.6 Å². The number of benzene rings is 2. The SMILES string of the molecule is CC(=O)CCCCC[C@H](NC(=O)c1ccc(C)cn1)C(=O)NCCc1c(-c2ccccc2)[nH]c2ccccc12. The Labute approximate surface area is 229 Å². The number of aryl methyl sites for hydroxylation is 1. The Kier molecular flexibility index (Phi) is 9.62. The summed E-state index contributed by atoms with van der Waals surface area (Å²) in [5, 5.41) is 7.05. The predicted molar refractivity (Wildman–Crippen MR) is 154 cm³/mol. The van der Waals surface area contributed by atoms with Crippen LogP contribution in [0.2, 0.25) is 0 Å². The number of nitrogens with one attached hydrogen (secondary N) is 3. The highest BCUT2D eigenvalue weighted by atomic mass is 16.2. The topological polar surface area (TPSA) is 104 Å². The molecule has 0 bridgehead atoms. The lowest BCUT2D eigenvalue weighted by Crippen LogP contribution is -2.47. The summed E-state index contributed by atoms with van der Waals surface area (Å²) in [6.45, 7) is 3.92. The first-order valence-electron chi connectivity index (χ1n) is 13.6. The van der Waals surface area contributed by atoms with Gasteiger partial charge in [0, 0.05) is 35.8 Å². The van der Waals surface area contributed by atoms with Crippen LogP contribution in [0.5, 0.6) is 0 Å². The molecule has 39 heavy (non-hydrogen) atoms. The highest BCUT2D eigenvalue weighted by Gasteiger charge is 2.22. The van der Waals surface area contributed by atoms with Crippen LogP contribution >= 0.6 is 0 Å². The Hall–Kier alpha value is -4.26. The van der Waals surface area contributed by atoms with E-state index in [1.807, 2.05) is 43.3 Å². The molecule has 0 saturated carbocycles. The zero-order valence-electron chi connectivity index (χ0n) is 22.6. The first-order chi connectivity index (χ1) is 18.9. The van der Waals surface area contributed by atoms with Gasteiger partial charge in [-0.1, -0.05) is 67.4 Å². The maximum atomic E-state index is 13.3. The van der Waals surface area contributed by atoms with E-state index in [9.17, 15) is 14.4 Å². The summed E-state index contributed by atoms with van der Waals surface area (Å²) in [6.07, 6.45) is 5.62. The number of amides is 2. The van der Waals surface area contributed by atoms with Crippen LogP contribution < -0.4 is 10.6 Å². The van der Waals surface area contributed by atoms with Crippen molar-refractivity contribution in [2.75, 3.05) is 6.54 Å². The third-order valence-corrected chi connectivity index (χ3v) is 6.84. The van der Waals surface area contributed by atoms with Crippen molar-refractivity contribution in [1.29, 1.82) is 0 Å². The van der Waals surface area contributed by atoms with Gasteiger partial charge in [-0.3, -0.25) is 14.6 Å². The largest absolute Gasteiger partial charge is 0.354 e. The number of rotatable bonds is 13. The minimum atomic E-state index is -0.686. The van der Waals surface area contributed by atoms with Crippen molar-refractivity contribution >= 4 is 28.5 Å². The number of aromatic amines is 1. The fourth-order valence-electron chi connectivity index (χ4n) is 4.75. The van der Waals surface area contributed by atoms with Gasteiger partial charge in [0.05, 0.1) is 0 Å². The van der Waals surface area contributed by atoms with Crippen molar-refractivity contribution in [3.63, 3.8) is 0 Å². The van der Waals surface area contributed by atoms with Gasteiger partial charge in [0.2, 0.25) is 5.91 Å². The van der Waals surface area contributed by atoms with Crippen LogP contribution in [0, 0.1) is 6.92 Å². The summed E-state index contributed by atoms with van der Waals surface area (Å²) in [5.74, 6) is -0.430. The zero-order valence-corrected chi connectivity index (χ0v) is 22.6. The molecule has 2 aromatic carbocycles. The van der Waals surface area contributed by atoms with E-state index in [-0.39, 0.29) is 23.3 Å². The molecule has 2 amide bonds. The van der Waals surface area contributed by atoms with Gasteiger partial charge in [-0.15, -0.1) is 0 Å². The predicted octanol–water partition coefficient (Wildman–Crippen LogP) is 5.54. The maximum Gasteiger partial charge on any atom is 0.270 e. The van der Waals surface area contributed by atoms with Crippen molar-refractivity contribution < 1.29 is 14.4 Å². The monoisotopic (exact) mass is 524 g/mol. The summed E-state index contributed by atoms with van der Waals surface area (Å²) >= 11 is 0. The molecule has 0 spiro atoms. The summed E-state index contributed by atoms with van der Waals surface area (Å²) < 4.78 is 0. The molecule has 0 radical (unpaired) electrons. The number of nitrogens with zero attached hydrogens (tertiary/aromatic N) is 1. The fraction of sp³-hybridized carbons (Fsp3) is 0.312. The van der Waals surface area contributed by atoms with Crippen LogP contribution in [0.25, 0.3) is 22.2 Å². The average molecular weight is 525 g/mol. The summed E-state index contributed by atoms with van der Waals surface area (Å²) in [6, 6.07) is 21.1. The van der Waals surface area contributed by atoms with Crippen LogP contribution in [0.3, 0.4) is 0 Å². The number of hydrogen-bond acceptors (Lipinski definition) is 4. The molecule has 0 aliphatic heterocycles. The van der Waals surface area contributed by atoms with Gasteiger partial charge in [0.1, 0.15) is 17.5 Å². The third-order valence-electron chi connectivity index (χ3n) is 6.84. The number of aromatic nitrogens is 2. The molecule has 0 unspecified atom stereocenters. The van der Waals surface area contributed by atoms with E-state index >= 15 is 0 Å². The molecule has 0 aliphatic rings. The molecule has 7 heteroatoms. The molecule has 7 nitrogen and oxygen atoms in total. The second kappa shape index (κ2) is 13.5. The van der Waals surface area contributed by atoms with Crippen LogP contribution in [0.1, 0.15) is 60.6 Å². The van der Waals surface area contributed by atoms with Crippen LogP contribution in [-0.4, -0.2) is 40.2 Å². The molecular weight excluding hydrogens is 488 g/mol. The van der Waals surface area contributed by atoms with Crippen molar-refractivity contribution in [2.24, 2.45) is 0 Å². The summed E-state index contributed by atoms with van der Waals surface area (Å²) in [5.41, 5.74) is 5.58. The minimum absolute atomic E-state index is 0.162. The highest BCUT2D eigenvalue weighted by molar-refractivity contribution is 5.96. The Balaban J connectivity index is 1.43. The molecule has 0 saturated heterocycles. The maximum absolute atomic E-state index is 13.3. The molecule has 4 rings (SSSR count). The van der Waals surface area contributed by atoms with Crippen molar-refractivity contribution in [2.45, 2.75) is 58.4 Å². The molecule has 3 N–H and O–H groups in total. The van der Waals surface area contributed by atoms with Crippen LogP contribution in [-0.2, 0) is 16.0 Å². The third kappa shape index (κ3) is 7.63. The van der Waals surface area contributed by atoms with E-state index in [0.717, 1.165) is 52.5 Å². The second-order valence-electron chi connectivity index (χ2n) is 9.98. The minimum Gasteiger partial charge on any atom is -0.354 e. The fourth-order valence-corrected chi connectivity index (χ4v) is 4.75. The summed E-state index contributed by atoms with van der Waals surface area (Å²) in [4.78, 5) is 45.1. The van der Waals surface area contributed by atoms with Gasteiger partial charge < -0.3 is 20.4 Å². The zero-order chi connectivity index (χ0) is 27.6. The second-order valence-corrected chi connectivity index (χ2v) is 9.98. The normalized spacial score (nSPS) is 11.7. The van der Waals surface area contributed by atoms with Crippen molar-refractivity contribution in [3.05, 3.63) is 89.7 Å². The number of unbranched alkanes of at least 4 members (excludes halogenated alkanes) is 2. The Bertz CT molecular complexity index is 1410. The van der Waals surface area contributed by atoms with Gasteiger partial charge in [0.25, 0.3) is 5.91 Å². The van der Waals surface area contributed by atoms with Gasteiger partial charge in [-0.25, -0.2) is 0 Å². The number of para-hydroxylation sites is 1. The Morgan fingerprint density at radius 1 is 0.923 bits per heavy atom. The van der Waals surface area contributed by atoms with E-state index in [2.05, 4.69) is 44.9 Å². The molecule has 0 fully saturated rings. The average Bonchev–Trinajstić information content (AvgIpc) is 3.31. The molecular formula is C32H36N4O3. The molecule has 2 aromatic heterocycles. The van der Waals surface area contributed by atoms with Gasteiger partial charge >= 0.3 is 0 Å². The number of hydrogen-bond donors (Lipinski definition) is 3. The number of pyridine rings is 1. The quantitative estimate of drug-likeness (QED) is 0.200. The molecule has 202 valence electrons. The standard InChI is InChI=1S/C32H36N4O3/c1-22-17-18-28(34-21-22)32(39)36-29(16-8-3-5-11-23(2)37)31(38)33-20-19-26-25-14-9-10-15-27(25)35-30(26)24-12-6-4-7-13-24/h4,6-7,9-10,12-15,17-18,21,29,35H,3,5,8,11,16,19-20H2,1-2H3,(H,33,38)(H,36,39)/t29-/m0/s1. The van der Waals surface area contributed by atoms with Crippen LogP contribution in [0.4, 0.5) is 0 Å². The van der Waals surface area contributed by atoms with Gasteiger partial charge in [-0.2, -0.15) is 0 Å². The van der Waals surface area contributed by atoms with E-state index in [0.29, 0.717) is 25.8 Å². The Morgan fingerprint density at radius 2 is 1.69 bits per heavy atom. The molecule has 4 aromatic rings. The first-order valence-corrected chi connectivity index (χ1v) is 13.6. The number of H-pyrrole nitrogens is 1. The highest BCUT2D eigenvalue weighted by Crippen LogP contribution is 2.30. The molecule has 0 aliphatic carbocycles. The lowest BCUT2D eigenvalue weighted by atomic mass is 10.0. The number of Topliss-reactive ketones (excluding diaryl/α,β-unsaturated/α-hetero) is 1. The number of carbonyl (C=O) groups is 3. The van der Waals surface area contributed by atoms with Gasteiger partial charge in [-0.05, 0) is 61.9 Å². The first kappa shape index (κ1) is 27.8. The number of carbonyl (C=O) groups excluding carboxylic acids is 3. The van der Waals surface area contributed by atoms with Gasteiger partial charge in [0.15, 0.2) is 0 Å². The number of ketones is 1. The number of fused-ring (bicyclic) bond motifs is 1. The van der Waals surface area contributed by atoms with E-state index in [1.165, 1.54) is 0 Å². The summed E-state index contributed by atoms with van der Waals surface area (Å²) in [7, 11) is 0.